The number of anilines is 1. The Morgan fingerprint density at radius 3 is 2.50 bits per heavy atom. The van der Waals surface area contributed by atoms with Gasteiger partial charge in [-0.05, 0) is 18.4 Å². The summed E-state index contributed by atoms with van der Waals surface area (Å²) in [6.45, 7) is 6.30. The van der Waals surface area contributed by atoms with Crippen molar-refractivity contribution in [1.82, 2.24) is 0 Å². The Morgan fingerprint density at radius 1 is 1.33 bits per heavy atom. The molecule has 0 unspecified atom stereocenters. The molecule has 0 radical (unpaired) electrons. The number of nitrogens with two attached hydrogens (primary N) is 1. The summed E-state index contributed by atoms with van der Waals surface area (Å²) < 4.78 is 0. The number of aryl methyl sites for hydroxylation is 2. The van der Waals surface area contributed by atoms with Crippen molar-refractivity contribution in [3.63, 3.8) is 0 Å². The number of aromatic nitrogens is 1. The van der Waals surface area contributed by atoms with Crippen molar-refractivity contribution in [3.8, 4) is 0 Å². The predicted octanol–water partition coefficient (Wildman–Crippen LogP) is 1.52. The third-order valence-corrected chi connectivity index (χ3v) is 2.31. The number of pyridine rings is 1. The van der Waals surface area contributed by atoms with E-state index in [-0.39, 0.29) is 0 Å². The van der Waals surface area contributed by atoms with Crippen LogP contribution < -0.4 is 10.7 Å². The molecule has 0 amide bonds. The molecular formula is C10H17N2+. The summed E-state index contributed by atoms with van der Waals surface area (Å²) in [5, 5.41) is 0. The van der Waals surface area contributed by atoms with E-state index >= 15 is 0 Å². The first-order valence-electron chi connectivity index (χ1n) is 4.49. The monoisotopic (exact) mass is 165 g/mol. The summed E-state index contributed by atoms with van der Waals surface area (Å²) >= 11 is 0. The van der Waals surface area contributed by atoms with Gasteiger partial charge in [0.05, 0.1) is 0 Å². The zero-order valence-electron chi connectivity index (χ0n) is 8.07. The molecule has 0 fully saturated rings. The smallest absolute Gasteiger partial charge is 0.199 e. The first-order valence-corrected chi connectivity index (χ1v) is 4.49. The van der Waals surface area contributed by atoms with Crippen molar-refractivity contribution in [2.45, 2.75) is 33.6 Å². The largest absolute Gasteiger partial charge is 0.393 e. The Labute approximate surface area is 73.8 Å². The van der Waals surface area contributed by atoms with E-state index in [0.717, 1.165) is 24.2 Å². The fourth-order valence-corrected chi connectivity index (χ4v) is 1.49. The predicted molar refractivity (Wildman–Crippen MR) is 50.9 cm³/mol. The van der Waals surface area contributed by atoms with Gasteiger partial charge < -0.3 is 5.73 Å². The second-order valence-electron chi connectivity index (χ2n) is 3.04. The molecule has 0 bridgehead atoms. The third-order valence-electron chi connectivity index (χ3n) is 2.31. The lowest BCUT2D eigenvalue weighted by Crippen LogP contribution is -2.14. The average Bonchev–Trinajstić information content (AvgIpc) is 2.09. The topological polar surface area (TPSA) is 40.2 Å². The van der Waals surface area contributed by atoms with Gasteiger partial charge in [0, 0.05) is 12.5 Å². The van der Waals surface area contributed by atoms with Gasteiger partial charge in [0.25, 0.3) is 0 Å². The van der Waals surface area contributed by atoms with Crippen LogP contribution in [-0.4, -0.2) is 0 Å². The van der Waals surface area contributed by atoms with Crippen molar-refractivity contribution >= 4 is 5.69 Å². The van der Waals surface area contributed by atoms with Crippen LogP contribution in [0.25, 0.3) is 0 Å². The molecule has 66 valence electrons. The van der Waals surface area contributed by atoms with Gasteiger partial charge in [0.1, 0.15) is 5.69 Å². The van der Waals surface area contributed by atoms with Gasteiger partial charge in [-0.15, -0.1) is 0 Å². The highest BCUT2D eigenvalue weighted by molar-refractivity contribution is 5.51. The van der Waals surface area contributed by atoms with Crippen LogP contribution in [0.3, 0.4) is 0 Å². The zero-order valence-corrected chi connectivity index (χ0v) is 8.07. The highest BCUT2D eigenvalue weighted by Gasteiger charge is 2.10. The van der Waals surface area contributed by atoms with E-state index in [0.29, 0.717) is 0 Å². The Hall–Kier alpha value is -1.05. The van der Waals surface area contributed by atoms with E-state index in [2.05, 4.69) is 25.0 Å². The van der Waals surface area contributed by atoms with Crippen LogP contribution in [0.2, 0.25) is 0 Å². The molecule has 0 spiro atoms. The van der Waals surface area contributed by atoms with Crippen LogP contribution in [0.4, 0.5) is 5.69 Å². The van der Waals surface area contributed by atoms with E-state index in [4.69, 9.17) is 5.73 Å². The number of hydrogen-bond donors (Lipinski definition) is 1. The summed E-state index contributed by atoms with van der Waals surface area (Å²) in [4.78, 5) is 3.17. The van der Waals surface area contributed by atoms with Crippen LogP contribution in [0, 0.1) is 6.92 Å². The third kappa shape index (κ3) is 1.42. The molecule has 0 saturated heterocycles. The van der Waals surface area contributed by atoms with Crippen molar-refractivity contribution < 1.29 is 4.98 Å². The fraction of sp³-hybridized carbons (Fsp3) is 0.500. The number of H-pyrrole nitrogens is 1. The summed E-state index contributed by atoms with van der Waals surface area (Å²) in [5.74, 6) is 0. The SMILES string of the molecule is CCc1c[nH+]c(C)c(N)c1CC. The van der Waals surface area contributed by atoms with E-state index < -0.39 is 0 Å². The van der Waals surface area contributed by atoms with Gasteiger partial charge in [-0.25, -0.2) is 4.98 Å². The summed E-state index contributed by atoms with van der Waals surface area (Å²) in [5.41, 5.74) is 10.6. The zero-order chi connectivity index (χ0) is 9.14. The van der Waals surface area contributed by atoms with Crippen LogP contribution in [-0.2, 0) is 12.8 Å². The minimum atomic E-state index is 0.928. The van der Waals surface area contributed by atoms with Gasteiger partial charge in [-0.1, -0.05) is 13.8 Å². The molecule has 2 nitrogen and oxygen atoms in total. The molecule has 1 aromatic rings. The van der Waals surface area contributed by atoms with Crippen molar-refractivity contribution in [3.05, 3.63) is 23.0 Å². The lowest BCUT2D eigenvalue weighted by molar-refractivity contribution is -0.387. The maximum Gasteiger partial charge on any atom is 0.199 e. The molecule has 0 atom stereocenters. The summed E-state index contributed by atoms with van der Waals surface area (Å²) in [6.07, 6.45) is 4.12. The molecule has 1 rings (SSSR count). The molecule has 12 heavy (non-hydrogen) atoms. The molecule has 0 aliphatic rings. The van der Waals surface area contributed by atoms with Gasteiger partial charge in [-0.2, -0.15) is 0 Å². The van der Waals surface area contributed by atoms with Crippen molar-refractivity contribution in [2.24, 2.45) is 0 Å². The first-order chi connectivity index (χ1) is 5.70. The molecule has 3 N–H and O–H groups in total. The number of aromatic amines is 1. The second kappa shape index (κ2) is 3.57. The maximum atomic E-state index is 5.94. The molecule has 0 aliphatic heterocycles. The van der Waals surface area contributed by atoms with Gasteiger partial charge >= 0.3 is 0 Å². The molecule has 2 heteroatoms. The Kier molecular flexibility index (Phi) is 2.69. The Bertz CT molecular complexity index is 279. The average molecular weight is 165 g/mol. The highest BCUT2D eigenvalue weighted by Crippen LogP contribution is 2.17. The van der Waals surface area contributed by atoms with Crippen molar-refractivity contribution in [2.75, 3.05) is 5.73 Å². The van der Waals surface area contributed by atoms with Gasteiger partial charge in [0.2, 0.25) is 0 Å². The molecule has 0 aromatic carbocycles. The minimum absolute atomic E-state index is 0.928. The normalized spacial score (nSPS) is 10.2. The summed E-state index contributed by atoms with van der Waals surface area (Å²) in [6, 6.07) is 0. The first kappa shape index (κ1) is 9.04. The number of rotatable bonds is 2. The highest BCUT2D eigenvalue weighted by atomic mass is 14.7. The van der Waals surface area contributed by atoms with Gasteiger partial charge in [0.15, 0.2) is 11.9 Å². The molecule has 0 aliphatic carbocycles. The molecule has 1 heterocycles. The standard InChI is InChI=1S/C10H16N2/c1-4-8-6-12-7(3)10(11)9(8)5-2/h6H,4-5,11H2,1-3H3/p+1. The molecule has 1 aromatic heterocycles. The Balaban J connectivity index is 3.25. The van der Waals surface area contributed by atoms with Crippen LogP contribution in [0.1, 0.15) is 30.7 Å². The van der Waals surface area contributed by atoms with Crippen molar-refractivity contribution in [1.29, 1.82) is 0 Å². The van der Waals surface area contributed by atoms with Gasteiger partial charge in [-0.3, -0.25) is 0 Å². The minimum Gasteiger partial charge on any atom is -0.393 e. The number of nitrogen functional groups attached to an aromatic ring is 1. The lowest BCUT2D eigenvalue weighted by atomic mass is 10.0. The van der Waals surface area contributed by atoms with E-state index in [9.17, 15) is 0 Å². The number of nitrogens with one attached hydrogen (secondary N) is 1. The van der Waals surface area contributed by atoms with E-state index in [1.54, 1.807) is 0 Å². The Morgan fingerprint density at radius 2 is 2.00 bits per heavy atom. The van der Waals surface area contributed by atoms with Crippen LogP contribution in [0.15, 0.2) is 6.20 Å². The van der Waals surface area contributed by atoms with E-state index in [1.165, 1.54) is 11.1 Å². The molecular weight excluding hydrogens is 148 g/mol. The van der Waals surface area contributed by atoms with Crippen LogP contribution >= 0.6 is 0 Å². The fourth-order valence-electron chi connectivity index (χ4n) is 1.49. The maximum absolute atomic E-state index is 5.94. The second-order valence-corrected chi connectivity index (χ2v) is 3.04. The van der Waals surface area contributed by atoms with Crippen LogP contribution in [0.5, 0.6) is 0 Å². The van der Waals surface area contributed by atoms with E-state index in [1.807, 2.05) is 6.92 Å². The number of hydrogen-bond acceptors (Lipinski definition) is 1. The lowest BCUT2D eigenvalue weighted by Gasteiger charge is -2.05. The summed E-state index contributed by atoms with van der Waals surface area (Å²) in [7, 11) is 0. The quantitative estimate of drug-likeness (QED) is 0.709. The molecule has 0 saturated carbocycles.